The fraction of sp³-hybridized carbons (Fsp3) is 0.682. The number of fused-ring (bicyclic) bond motifs is 2. The highest BCUT2D eigenvalue weighted by Crippen LogP contribution is 2.42. The van der Waals surface area contributed by atoms with Crippen LogP contribution in [-0.2, 0) is 20.8 Å². The fourth-order valence-corrected chi connectivity index (χ4v) is 4.63. The van der Waals surface area contributed by atoms with Gasteiger partial charge in [-0.1, -0.05) is 30.3 Å². The maximum absolute atomic E-state index is 12.8. The zero-order valence-electron chi connectivity index (χ0n) is 17.0. The molecule has 156 valence electrons. The number of ether oxygens (including phenoxy) is 3. The Kier molecular flexibility index (Phi) is 7.32. The molecule has 2 aliphatic rings. The lowest BCUT2D eigenvalue weighted by Crippen LogP contribution is -2.60. The van der Waals surface area contributed by atoms with E-state index in [0.29, 0.717) is 32.5 Å². The molecule has 3 rings (SSSR count). The van der Waals surface area contributed by atoms with Crippen LogP contribution in [-0.4, -0.2) is 53.3 Å². The van der Waals surface area contributed by atoms with E-state index in [2.05, 4.69) is 0 Å². The van der Waals surface area contributed by atoms with Gasteiger partial charge in [-0.05, 0) is 51.5 Å². The van der Waals surface area contributed by atoms with Gasteiger partial charge >= 0.3 is 6.09 Å². The van der Waals surface area contributed by atoms with Crippen molar-refractivity contribution in [1.29, 1.82) is 0 Å². The molecule has 0 radical (unpaired) electrons. The number of amides is 1. The Morgan fingerprint density at radius 3 is 2.32 bits per heavy atom. The van der Waals surface area contributed by atoms with E-state index >= 15 is 0 Å². The number of benzene rings is 1. The number of carbonyl (C=O) groups excluding carboxylic acids is 1. The van der Waals surface area contributed by atoms with E-state index in [4.69, 9.17) is 14.2 Å². The summed E-state index contributed by atoms with van der Waals surface area (Å²) in [5.41, 5.74) is 0.104. The Balaban J connectivity index is 1.62. The molecule has 2 fully saturated rings. The Bertz CT molecular complexity index is 603. The average Bonchev–Trinajstić information content (AvgIpc) is 2.66. The summed E-state index contributed by atoms with van der Waals surface area (Å²) >= 11 is 0. The number of carbonyl (C=O) groups is 1. The van der Waals surface area contributed by atoms with Gasteiger partial charge in [0.05, 0.1) is 5.60 Å². The highest BCUT2D eigenvalue weighted by molar-refractivity contribution is 5.69. The van der Waals surface area contributed by atoms with Gasteiger partial charge < -0.3 is 24.2 Å². The van der Waals surface area contributed by atoms with Crippen LogP contribution in [0.2, 0.25) is 0 Å². The molecule has 2 saturated heterocycles. The van der Waals surface area contributed by atoms with Gasteiger partial charge in [-0.2, -0.15) is 0 Å². The second-order valence-corrected chi connectivity index (χ2v) is 7.86. The highest BCUT2D eigenvalue weighted by Gasteiger charge is 2.48. The largest absolute Gasteiger partial charge is 0.445 e. The van der Waals surface area contributed by atoms with Crippen molar-refractivity contribution < 1.29 is 24.1 Å². The minimum atomic E-state index is -0.874. The molecule has 0 aliphatic carbocycles. The summed E-state index contributed by atoms with van der Waals surface area (Å²) in [6.07, 6.45) is 3.72. The van der Waals surface area contributed by atoms with E-state index in [1.807, 2.05) is 49.1 Å². The zero-order chi connectivity index (χ0) is 20.0. The summed E-state index contributed by atoms with van der Waals surface area (Å²) < 4.78 is 16.9. The quantitative estimate of drug-likeness (QED) is 0.682. The van der Waals surface area contributed by atoms with Crippen LogP contribution >= 0.6 is 0 Å². The molecule has 2 aliphatic heterocycles. The number of hydrogen-bond acceptors (Lipinski definition) is 5. The lowest BCUT2D eigenvalue weighted by molar-refractivity contribution is -0.185. The van der Waals surface area contributed by atoms with Gasteiger partial charge in [0.1, 0.15) is 6.61 Å². The maximum Gasteiger partial charge on any atom is 0.410 e. The van der Waals surface area contributed by atoms with Crippen LogP contribution in [0.15, 0.2) is 30.3 Å². The lowest BCUT2D eigenvalue weighted by Gasteiger charge is -2.51. The van der Waals surface area contributed by atoms with E-state index in [9.17, 15) is 9.90 Å². The summed E-state index contributed by atoms with van der Waals surface area (Å²) in [5, 5.41) is 11.3. The monoisotopic (exact) mass is 391 g/mol. The molecule has 1 N–H and O–H groups in total. The third kappa shape index (κ3) is 5.25. The lowest BCUT2D eigenvalue weighted by atomic mass is 9.74. The normalized spacial score (nSPS) is 27.1. The van der Waals surface area contributed by atoms with E-state index in [1.165, 1.54) is 0 Å². The van der Waals surface area contributed by atoms with Gasteiger partial charge in [0.25, 0.3) is 0 Å². The van der Waals surface area contributed by atoms with E-state index in [-0.39, 0.29) is 24.8 Å². The Morgan fingerprint density at radius 1 is 1.14 bits per heavy atom. The van der Waals surface area contributed by atoms with Crippen LogP contribution in [0.1, 0.15) is 57.9 Å². The summed E-state index contributed by atoms with van der Waals surface area (Å²) in [6.45, 7) is 5.22. The number of piperidine rings is 2. The predicted octanol–water partition coefficient (Wildman–Crippen LogP) is 3.86. The first-order valence-corrected chi connectivity index (χ1v) is 10.5. The third-order valence-corrected chi connectivity index (χ3v) is 5.76. The Morgan fingerprint density at radius 2 is 1.75 bits per heavy atom. The molecule has 6 heteroatoms. The summed E-state index contributed by atoms with van der Waals surface area (Å²) in [4.78, 5) is 14.7. The molecule has 0 aromatic heterocycles. The molecule has 2 atom stereocenters. The summed E-state index contributed by atoms with van der Waals surface area (Å²) in [7, 11) is 0. The average molecular weight is 392 g/mol. The number of nitrogens with zero attached hydrogens (tertiary/aromatic N) is 1. The fourth-order valence-electron chi connectivity index (χ4n) is 4.63. The first-order valence-electron chi connectivity index (χ1n) is 10.5. The van der Waals surface area contributed by atoms with Crippen LogP contribution in [0, 0.1) is 0 Å². The van der Waals surface area contributed by atoms with Crippen molar-refractivity contribution in [3.05, 3.63) is 35.9 Å². The molecule has 1 aromatic carbocycles. The Hall–Kier alpha value is -1.63. The SMILES string of the molecule is CCOC(CC1(O)CC2CCCC(C1)N2C(=O)OCc1ccccc1)OCC. The van der Waals surface area contributed by atoms with Gasteiger partial charge in [-0.15, -0.1) is 0 Å². The number of hydrogen-bond donors (Lipinski definition) is 1. The smallest absolute Gasteiger partial charge is 0.410 e. The topological polar surface area (TPSA) is 68.2 Å². The van der Waals surface area contributed by atoms with Gasteiger partial charge in [0, 0.05) is 31.7 Å². The standard InChI is InChI=1S/C22H33NO5/c1-3-26-20(27-4-2)15-22(25)13-18-11-8-12-19(14-22)23(18)21(24)28-16-17-9-6-5-7-10-17/h5-7,9-10,18-20,25H,3-4,8,11-16H2,1-2H3. The summed E-state index contributed by atoms with van der Waals surface area (Å²) in [6, 6.07) is 9.72. The van der Waals surface area contributed by atoms with Crippen molar-refractivity contribution in [2.45, 2.75) is 83.0 Å². The minimum Gasteiger partial charge on any atom is -0.445 e. The molecule has 1 amide bonds. The molecule has 2 unspecified atom stereocenters. The minimum absolute atomic E-state index is 0.00433. The van der Waals surface area contributed by atoms with Crippen LogP contribution in [0.3, 0.4) is 0 Å². The molecule has 2 bridgehead atoms. The number of rotatable bonds is 8. The molecular formula is C22H33NO5. The molecule has 28 heavy (non-hydrogen) atoms. The molecule has 6 nitrogen and oxygen atoms in total. The maximum atomic E-state index is 12.8. The number of aliphatic hydroxyl groups is 1. The molecule has 2 heterocycles. The van der Waals surface area contributed by atoms with Gasteiger partial charge in [-0.25, -0.2) is 4.79 Å². The van der Waals surface area contributed by atoms with Crippen molar-refractivity contribution in [2.75, 3.05) is 13.2 Å². The second kappa shape index (κ2) is 9.72. The van der Waals surface area contributed by atoms with Crippen LogP contribution < -0.4 is 0 Å². The van der Waals surface area contributed by atoms with Crippen molar-refractivity contribution in [2.24, 2.45) is 0 Å². The van der Waals surface area contributed by atoms with Gasteiger partial charge in [0.15, 0.2) is 6.29 Å². The third-order valence-electron chi connectivity index (χ3n) is 5.76. The zero-order valence-corrected chi connectivity index (χ0v) is 17.0. The van der Waals surface area contributed by atoms with Crippen LogP contribution in [0.5, 0.6) is 0 Å². The van der Waals surface area contributed by atoms with E-state index in [1.54, 1.807) is 0 Å². The Labute approximate surface area is 167 Å². The van der Waals surface area contributed by atoms with Crippen molar-refractivity contribution in [3.8, 4) is 0 Å². The first-order chi connectivity index (χ1) is 13.5. The van der Waals surface area contributed by atoms with Crippen LogP contribution in [0.4, 0.5) is 4.79 Å². The van der Waals surface area contributed by atoms with E-state index in [0.717, 1.165) is 24.8 Å². The van der Waals surface area contributed by atoms with Gasteiger partial charge in [0.2, 0.25) is 0 Å². The highest BCUT2D eigenvalue weighted by atomic mass is 16.7. The predicted molar refractivity (Wildman–Crippen MR) is 106 cm³/mol. The molecule has 0 spiro atoms. The van der Waals surface area contributed by atoms with Crippen molar-refractivity contribution >= 4 is 6.09 Å². The molecule has 1 aromatic rings. The van der Waals surface area contributed by atoms with Gasteiger partial charge in [-0.3, -0.25) is 0 Å². The van der Waals surface area contributed by atoms with E-state index < -0.39 is 11.9 Å². The van der Waals surface area contributed by atoms with Crippen LogP contribution in [0.25, 0.3) is 0 Å². The van der Waals surface area contributed by atoms with Crippen molar-refractivity contribution in [1.82, 2.24) is 4.90 Å². The second-order valence-electron chi connectivity index (χ2n) is 7.86. The molecule has 0 saturated carbocycles. The first kappa shape index (κ1) is 21.1. The molecular weight excluding hydrogens is 358 g/mol. The summed E-state index contributed by atoms with van der Waals surface area (Å²) in [5.74, 6) is 0. The van der Waals surface area contributed by atoms with Crippen molar-refractivity contribution in [3.63, 3.8) is 0 Å².